The van der Waals surface area contributed by atoms with Crippen molar-refractivity contribution in [3.63, 3.8) is 0 Å². The first-order chi connectivity index (χ1) is 17.4. The number of carbonyl (C=O) groups excluding carboxylic acids is 3. The maximum atomic E-state index is 13.6. The molecule has 1 N–H and O–H groups in total. The van der Waals surface area contributed by atoms with Gasteiger partial charge in [0.2, 0.25) is 5.91 Å². The molecule has 2 amide bonds. The number of fused-ring (bicyclic) bond motifs is 1. The molecule has 0 aliphatic carbocycles. The molecular formula is C28H27N3O4S. The highest BCUT2D eigenvalue weighted by molar-refractivity contribution is 7.16. The molecule has 1 aromatic heterocycles. The second-order valence-electron chi connectivity index (χ2n) is 8.30. The van der Waals surface area contributed by atoms with Crippen molar-refractivity contribution in [2.75, 3.05) is 7.11 Å². The highest BCUT2D eigenvalue weighted by atomic mass is 32.1. The Hall–Kier alpha value is -4.04. The number of para-hydroxylation sites is 1. The van der Waals surface area contributed by atoms with E-state index in [1.165, 1.54) is 18.4 Å². The number of carbonyl (C=O) groups is 3. The average Bonchev–Trinajstić information content (AvgIpc) is 3.25. The Kier molecular flexibility index (Phi) is 7.75. The van der Waals surface area contributed by atoms with E-state index in [9.17, 15) is 14.4 Å². The van der Waals surface area contributed by atoms with Crippen molar-refractivity contribution in [3.05, 3.63) is 100 Å². The third kappa shape index (κ3) is 5.28. The van der Waals surface area contributed by atoms with Gasteiger partial charge in [-0.2, -0.15) is 4.99 Å². The minimum Gasteiger partial charge on any atom is -0.467 e. The van der Waals surface area contributed by atoms with E-state index in [0.717, 1.165) is 15.8 Å². The van der Waals surface area contributed by atoms with Crippen LogP contribution < -0.4 is 10.1 Å². The summed E-state index contributed by atoms with van der Waals surface area (Å²) >= 11 is 1.34. The van der Waals surface area contributed by atoms with Gasteiger partial charge in [-0.1, -0.05) is 78.4 Å². The number of rotatable bonds is 7. The number of benzene rings is 3. The minimum absolute atomic E-state index is 0.371. The monoisotopic (exact) mass is 501 g/mol. The molecule has 0 aliphatic heterocycles. The highest BCUT2D eigenvalue weighted by Gasteiger charge is 2.29. The molecule has 2 atom stereocenters. The third-order valence-corrected chi connectivity index (χ3v) is 6.92. The highest BCUT2D eigenvalue weighted by Crippen LogP contribution is 2.24. The molecule has 0 bridgehead atoms. The fourth-order valence-electron chi connectivity index (χ4n) is 3.98. The smallest absolute Gasteiger partial charge is 0.333 e. The van der Waals surface area contributed by atoms with E-state index in [4.69, 9.17) is 4.74 Å². The molecule has 0 spiro atoms. The topological polar surface area (TPSA) is 89.8 Å². The Labute approximate surface area is 213 Å². The fourth-order valence-corrected chi connectivity index (χ4v) is 5.05. The van der Waals surface area contributed by atoms with Crippen LogP contribution in [0.15, 0.2) is 83.9 Å². The van der Waals surface area contributed by atoms with E-state index in [1.807, 2.05) is 56.3 Å². The fraction of sp³-hybridized carbons (Fsp3) is 0.214. The van der Waals surface area contributed by atoms with Crippen molar-refractivity contribution in [2.24, 2.45) is 4.99 Å². The molecule has 0 aliphatic rings. The van der Waals surface area contributed by atoms with Gasteiger partial charge in [-0.3, -0.25) is 9.59 Å². The maximum absolute atomic E-state index is 13.6. The van der Waals surface area contributed by atoms with Crippen LogP contribution >= 0.6 is 11.3 Å². The lowest BCUT2D eigenvalue weighted by Gasteiger charge is -2.22. The molecule has 8 heteroatoms. The van der Waals surface area contributed by atoms with E-state index >= 15 is 0 Å². The minimum atomic E-state index is -0.960. The zero-order valence-corrected chi connectivity index (χ0v) is 21.1. The van der Waals surface area contributed by atoms with Crippen molar-refractivity contribution in [1.29, 1.82) is 0 Å². The first kappa shape index (κ1) is 25.1. The Balaban J connectivity index is 1.76. The van der Waals surface area contributed by atoms with Crippen LogP contribution in [0.3, 0.4) is 0 Å². The van der Waals surface area contributed by atoms with E-state index in [2.05, 4.69) is 10.3 Å². The van der Waals surface area contributed by atoms with Gasteiger partial charge in [0.25, 0.3) is 5.91 Å². The van der Waals surface area contributed by atoms with Gasteiger partial charge in [0, 0.05) is 5.56 Å². The second-order valence-corrected chi connectivity index (χ2v) is 9.31. The summed E-state index contributed by atoms with van der Waals surface area (Å²) in [4.78, 5) is 44.0. The van der Waals surface area contributed by atoms with Crippen molar-refractivity contribution >= 4 is 39.3 Å². The maximum Gasteiger partial charge on any atom is 0.333 e. The molecule has 3 aromatic carbocycles. The molecule has 1 heterocycles. The Morgan fingerprint density at radius 2 is 1.64 bits per heavy atom. The van der Waals surface area contributed by atoms with Crippen LogP contribution in [0.25, 0.3) is 10.2 Å². The molecule has 2 unspecified atom stereocenters. The lowest BCUT2D eigenvalue weighted by atomic mass is 10.1. The number of hydrogen-bond donors (Lipinski definition) is 1. The zero-order valence-electron chi connectivity index (χ0n) is 20.3. The standard InChI is InChI=1S/C28H27N3O4S/c1-4-21(26(33)29-24(27(34)35-3)19-10-6-5-7-11-19)31-22-12-8-9-13-23(22)36-28(31)30-25(32)20-16-14-18(2)15-17-20/h5-17,21,24H,4H2,1-3H3,(H,29,33). The summed E-state index contributed by atoms with van der Waals surface area (Å²) in [5, 5.41) is 2.85. The summed E-state index contributed by atoms with van der Waals surface area (Å²) in [7, 11) is 1.29. The predicted octanol–water partition coefficient (Wildman–Crippen LogP) is 4.73. The number of nitrogens with zero attached hydrogens (tertiary/aromatic N) is 2. The Morgan fingerprint density at radius 1 is 0.972 bits per heavy atom. The van der Waals surface area contributed by atoms with Gasteiger partial charge >= 0.3 is 5.97 Å². The second kappa shape index (κ2) is 11.1. The molecular weight excluding hydrogens is 474 g/mol. The van der Waals surface area contributed by atoms with E-state index in [0.29, 0.717) is 22.3 Å². The summed E-state index contributed by atoms with van der Waals surface area (Å²) in [6.07, 6.45) is 0.418. The summed E-state index contributed by atoms with van der Waals surface area (Å²) in [5.41, 5.74) is 2.92. The number of aryl methyl sites for hydroxylation is 1. The number of thiazole rings is 1. The zero-order chi connectivity index (χ0) is 25.7. The number of esters is 1. The van der Waals surface area contributed by atoms with Crippen molar-refractivity contribution < 1.29 is 19.1 Å². The number of hydrogen-bond acceptors (Lipinski definition) is 5. The van der Waals surface area contributed by atoms with E-state index in [-0.39, 0.29) is 11.8 Å². The van der Waals surface area contributed by atoms with Crippen molar-refractivity contribution in [2.45, 2.75) is 32.4 Å². The van der Waals surface area contributed by atoms with Gasteiger partial charge in [0.05, 0.1) is 17.3 Å². The van der Waals surface area contributed by atoms with Gasteiger partial charge in [-0.25, -0.2) is 4.79 Å². The molecule has 36 heavy (non-hydrogen) atoms. The summed E-state index contributed by atoms with van der Waals surface area (Å²) in [6, 6.07) is 22.1. The molecule has 0 saturated heterocycles. The predicted molar refractivity (Wildman–Crippen MR) is 140 cm³/mol. The molecule has 7 nitrogen and oxygen atoms in total. The van der Waals surface area contributed by atoms with Gasteiger partial charge < -0.3 is 14.6 Å². The summed E-state index contributed by atoms with van der Waals surface area (Å²) < 4.78 is 7.63. The molecule has 184 valence electrons. The van der Waals surface area contributed by atoms with Crippen LogP contribution in [-0.2, 0) is 14.3 Å². The summed E-state index contributed by atoms with van der Waals surface area (Å²) in [5.74, 6) is -1.32. The normalized spacial score (nSPS) is 13.2. The molecule has 0 saturated carbocycles. The molecule has 0 radical (unpaired) electrons. The number of aromatic nitrogens is 1. The van der Waals surface area contributed by atoms with Crippen LogP contribution in [0.2, 0.25) is 0 Å². The quantitative estimate of drug-likeness (QED) is 0.371. The molecule has 4 aromatic rings. The van der Waals surface area contributed by atoms with Crippen LogP contribution in [-0.4, -0.2) is 29.5 Å². The van der Waals surface area contributed by atoms with Gasteiger partial charge in [-0.05, 0) is 43.2 Å². The lowest BCUT2D eigenvalue weighted by molar-refractivity contribution is -0.145. The first-order valence-corrected chi connectivity index (χ1v) is 12.4. The number of nitrogens with one attached hydrogen (secondary N) is 1. The average molecular weight is 502 g/mol. The number of methoxy groups -OCH3 is 1. The third-order valence-electron chi connectivity index (χ3n) is 5.89. The van der Waals surface area contributed by atoms with Crippen LogP contribution in [0.5, 0.6) is 0 Å². The van der Waals surface area contributed by atoms with E-state index in [1.54, 1.807) is 41.0 Å². The van der Waals surface area contributed by atoms with Crippen molar-refractivity contribution in [3.8, 4) is 0 Å². The summed E-state index contributed by atoms with van der Waals surface area (Å²) in [6.45, 7) is 3.83. The van der Waals surface area contributed by atoms with Gasteiger partial charge in [-0.15, -0.1) is 0 Å². The number of amides is 2. The largest absolute Gasteiger partial charge is 0.467 e. The Bertz CT molecular complexity index is 1460. The first-order valence-electron chi connectivity index (χ1n) is 11.6. The molecule has 0 fully saturated rings. The van der Waals surface area contributed by atoms with Crippen LogP contribution in [0.4, 0.5) is 0 Å². The van der Waals surface area contributed by atoms with E-state index < -0.39 is 18.1 Å². The van der Waals surface area contributed by atoms with Crippen LogP contribution in [0, 0.1) is 6.92 Å². The van der Waals surface area contributed by atoms with Gasteiger partial charge in [0.15, 0.2) is 10.8 Å². The number of ether oxygens (including phenoxy) is 1. The Morgan fingerprint density at radius 3 is 2.31 bits per heavy atom. The molecule has 4 rings (SSSR count). The lowest BCUT2D eigenvalue weighted by Crippen LogP contribution is -2.40. The van der Waals surface area contributed by atoms with Gasteiger partial charge in [0.1, 0.15) is 6.04 Å². The van der Waals surface area contributed by atoms with Crippen LogP contribution in [0.1, 0.15) is 46.9 Å². The van der Waals surface area contributed by atoms with Crippen molar-refractivity contribution in [1.82, 2.24) is 9.88 Å². The SMILES string of the molecule is CCC(C(=O)NC(C(=O)OC)c1ccccc1)n1c(=NC(=O)c2ccc(C)cc2)sc2ccccc21.